The molecule has 1 aliphatic rings. The second-order valence-electron chi connectivity index (χ2n) is 4.77. The van der Waals surface area contributed by atoms with Gasteiger partial charge in [0.1, 0.15) is 5.75 Å². The molecule has 1 unspecified atom stereocenters. The van der Waals surface area contributed by atoms with Gasteiger partial charge in [0.2, 0.25) is 0 Å². The van der Waals surface area contributed by atoms with E-state index in [9.17, 15) is 13.2 Å². The molecular weight excluding hydrogens is 285 g/mol. The van der Waals surface area contributed by atoms with Gasteiger partial charge in [-0.25, -0.2) is 9.97 Å². The molecule has 1 aromatic heterocycles. The van der Waals surface area contributed by atoms with E-state index < -0.39 is 11.8 Å². The van der Waals surface area contributed by atoms with E-state index in [4.69, 9.17) is 9.47 Å². The van der Waals surface area contributed by atoms with Gasteiger partial charge in [-0.3, -0.25) is 0 Å². The topological polar surface area (TPSA) is 44.2 Å². The van der Waals surface area contributed by atoms with Gasteiger partial charge in [-0.05, 0) is 30.7 Å². The Morgan fingerprint density at radius 3 is 2.62 bits per heavy atom. The number of halogens is 3. The smallest absolute Gasteiger partial charge is 0.421 e. The fraction of sp³-hybridized carbons (Fsp3) is 0.286. The van der Waals surface area contributed by atoms with Crippen LogP contribution >= 0.6 is 0 Å². The number of nitrogens with zero attached hydrogens (tertiary/aromatic N) is 2. The summed E-state index contributed by atoms with van der Waals surface area (Å²) in [6.45, 7) is 0.940. The molecule has 1 atom stereocenters. The molecule has 0 saturated heterocycles. The molecule has 0 fully saturated rings. The quantitative estimate of drug-likeness (QED) is 0.849. The van der Waals surface area contributed by atoms with Gasteiger partial charge in [-0.15, -0.1) is 0 Å². The lowest BCUT2D eigenvalue weighted by Crippen LogP contribution is -2.38. The van der Waals surface area contributed by atoms with Crippen LogP contribution in [-0.4, -0.2) is 16.1 Å². The fourth-order valence-corrected chi connectivity index (χ4v) is 2.17. The molecule has 1 aliphatic heterocycles. The molecule has 0 amide bonds. The molecule has 0 bridgehead atoms. The number of hydrogen-bond acceptors (Lipinski definition) is 4. The summed E-state index contributed by atoms with van der Waals surface area (Å²) >= 11 is 0. The number of ether oxygens (including phenoxy) is 2. The molecule has 1 aromatic carbocycles. The first-order valence-corrected chi connectivity index (χ1v) is 6.19. The molecule has 0 spiro atoms. The van der Waals surface area contributed by atoms with Crippen molar-refractivity contribution >= 4 is 0 Å². The van der Waals surface area contributed by atoms with Crippen LogP contribution < -0.4 is 4.74 Å². The Morgan fingerprint density at radius 2 is 1.95 bits per heavy atom. The van der Waals surface area contributed by atoms with Crippen LogP contribution in [0.15, 0.2) is 36.7 Å². The van der Waals surface area contributed by atoms with Crippen molar-refractivity contribution in [1.82, 2.24) is 9.97 Å². The summed E-state index contributed by atoms with van der Waals surface area (Å²) in [6, 6.07) is 6.15. The minimum absolute atomic E-state index is 0.0587. The van der Waals surface area contributed by atoms with Gasteiger partial charge in [0, 0.05) is 18.0 Å². The van der Waals surface area contributed by atoms with Crippen LogP contribution in [0, 0.1) is 0 Å². The summed E-state index contributed by atoms with van der Waals surface area (Å²) in [5, 5.41) is 0. The molecule has 0 aliphatic carbocycles. The summed E-state index contributed by atoms with van der Waals surface area (Å²) < 4.78 is 49.9. The van der Waals surface area contributed by atoms with Crippen LogP contribution in [0.25, 0.3) is 0 Å². The van der Waals surface area contributed by atoms with Gasteiger partial charge in [-0.2, -0.15) is 13.2 Å². The summed E-state index contributed by atoms with van der Waals surface area (Å²) in [6.07, 6.45) is -1.53. The minimum Gasteiger partial charge on any atom is -0.424 e. The zero-order valence-corrected chi connectivity index (χ0v) is 11.0. The van der Waals surface area contributed by atoms with Crippen LogP contribution in [0.3, 0.4) is 0 Å². The molecule has 0 saturated carbocycles. The fourth-order valence-electron chi connectivity index (χ4n) is 2.17. The Hall–Kier alpha value is -2.15. The Balaban J connectivity index is 1.96. The lowest BCUT2D eigenvalue weighted by Gasteiger charge is -2.27. The number of benzene rings is 1. The molecule has 7 heteroatoms. The third kappa shape index (κ3) is 2.33. The van der Waals surface area contributed by atoms with Crippen molar-refractivity contribution in [3.63, 3.8) is 0 Å². The van der Waals surface area contributed by atoms with Crippen LogP contribution in [-0.2, 0) is 16.9 Å². The van der Waals surface area contributed by atoms with E-state index in [1.807, 2.05) is 0 Å². The zero-order valence-electron chi connectivity index (χ0n) is 11.0. The van der Waals surface area contributed by atoms with Crippen molar-refractivity contribution in [2.75, 3.05) is 0 Å². The van der Waals surface area contributed by atoms with E-state index in [1.165, 1.54) is 18.5 Å². The molecule has 21 heavy (non-hydrogen) atoms. The van der Waals surface area contributed by atoms with Crippen molar-refractivity contribution in [3.8, 4) is 11.8 Å². The number of fused-ring (bicyclic) bond motifs is 1. The van der Waals surface area contributed by atoms with Crippen molar-refractivity contribution < 1.29 is 22.6 Å². The normalized spacial score (nSPS) is 21.1. The summed E-state index contributed by atoms with van der Waals surface area (Å²) in [7, 11) is 0. The van der Waals surface area contributed by atoms with Crippen molar-refractivity contribution in [2.24, 2.45) is 0 Å². The standard InChI is InChI=1S/C14H11F3N2O2/c1-13(14(15,16)17)11-7-10(4-3-9(11)8-20-13)21-12-18-5-2-6-19-12/h2-7H,8H2,1H3. The Kier molecular flexibility index (Phi) is 3.09. The van der Waals surface area contributed by atoms with Crippen molar-refractivity contribution in [3.05, 3.63) is 47.8 Å². The SMILES string of the molecule is CC1(C(F)(F)F)OCc2ccc(Oc3ncccn3)cc21. The van der Waals surface area contributed by atoms with E-state index in [1.54, 1.807) is 18.2 Å². The van der Waals surface area contributed by atoms with Gasteiger partial charge in [-0.1, -0.05) is 6.07 Å². The number of hydrogen-bond donors (Lipinski definition) is 0. The summed E-state index contributed by atoms with van der Waals surface area (Å²) in [4.78, 5) is 7.73. The van der Waals surface area contributed by atoms with E-state index in [-0.39, 0.29) is 23.9 Å². The molecule has 0 N–H and O–H groups in total. The lowest BCUT2D eigenvalue weighted by molar-refractivity contribution is -0.272. The summed E-state index contributed by atoms with van der Waals surface area (Å²) in [5.41, 5.74) is -1.77. The van der Waals surface area contributed by atoms with Gasteiger partial charge in [0.05, 0.1) is 6.61 Å². The first-order valence-electron chi connectivity index (χ1n) is 6.19. The highest BCUT2D eigenvalue weighted by atomic mass is 19.4. The number of rotatable bonds is 2. The maximum Gasteiger partial charge on any atom is 0.421 e. The molecule has 4 nitrogen and oxygen atoms in total. The summed E-state index contributed by atoms with van der Waals surface area (Å²) in [5.74, 6) is 0.237. The zero-order chi connectivity index (χ0) is 15.1. The second kappa shape index (κ2) is 4.70. The third-order valence-corrected chi connectivity index (χ3v) is 3.40. The van der Waals surface area contributed by atoms with E-state index in [2.05, 4.69) is 9.97 Å². The monoisotopic (exact) mass is 296 g/mol. The Bertz CT molecular complexity index is 661. The maximum absolute atomic E-state index is 13.2. The van der Waals surface area contributed by atoms with Crippen LogP contribution in [0.2, 0.25) is 0 Å². The highest BCUT2D eigenvalue weighted by Crippen LogP contribution is 2.48. The molecule has 2 heterocycles. The van der Waals surface area contributed by atoms with E-state index >= 15 is 0 Å². The highest BCUT2D eigenvalue weighted by molar-refractivity contribution is 5.42. The molecule has 3 rings (SSSR count). The van der Waals surface area contributed by atoms with E-state index in [0.29, 0.717) is 5.56 Å². The van der Waals surface area contributed by atoms with Crippen molar-refractivity contribution in [1.29, 1.82) is 0 Å². The highest BCUT2D eigenvalue weighted by Gasteiger charge is 2.57. The molecule has 110 valence electrons. The number of alkyl halides is 3. The third-order valence-electron chi connectivity index (χ3n) is 3.40. The molecule has 2 aromatic rings. The van der Waals surface area contributed by atoms with Crippen LogP contribution in [0.5, 0.6) is 11.8 Å². The maximum atomic E-state index is 13.2. The van der Waals surface area contributed by atoms with Gasteiger partial charge in [0.25, 0.3) is 0 Å². The van der Waals surface area contributed by atoms with Gasteiger partial charge < -0.3 is 9.47 Å². The first kappa shape index (κ1) is 13.8. The molecule has 0 radical (unpaired) electrons. The van der Waals surface area contributed by atoms with Gasteiger partial charge >= 0.3 is 12.2 Å². The van der Waals surface area contributed by atoms with E-state index in [0.717, 1.165) is 6.92 Å². The van der Waals surface area contributed by atoms with Gasteiger partial charge in [0.15, 0.2) is 5.60 Å². The van der Waals surface area contributed by atoms with Crippen LogP contribution in [0.4, 0.5) is 13.2 Å². The van der Waals surface area contributed by atoms with Crippen molar-refractivity contribution in [2.45, 2.75) is 25.3 Å². The molecular formula is C14H11F3N2O2. The Morgan fingerprint density at radius 1 is 1.24 bits per heavy atom. The second-order valence-corrected chi connectivity index (χ2v) is 4.77. The number of aromatic nitrogens is 2. The lowest BCUT2D eigenvalue weighted by atomic mass is 9.93. The van der Waals surface area contributed by atoms with Crippen LogP contribution in [0.1, 0.15) is 18.1 Å². The first-order chi connectivity index (χ1) is 9.90. The Labute approximate surface area is 118 Å². The predicted molar refractivity (Wildman–Crippen MR) is 66.7 cm³/mol. The predicted octanol–water partition coefficient (Wildman–Crippen LogP) is 3.58. The average molecular weight is 296 g/mol. The average Bonchev–Trinajstić information content (AvgIpc) is 2.78. The largest absolute Gasteiger partial charge is 0.424 e. The minimum atomic E-state index is -4.50.